The van der Waals surface area contributed by atoms with Gasteiger partial charge < -0.3 is 15.4 Å². The number of ether oxygens (including phenoxy) is 1. The number of carbonyl (C=O) groups is 2. The van der Waals surface area contributed by atoms with Crippen molar-refractivity contribution >= 4 is 46.4 Å². The van der Waals surface area contributed by atoms with Crippen LogP contribution >= 0.6 is 23.2 Å². The predicted molar refractivity (Wildman–Crippen MR) is 112 cm³/mol. The highest BCUT2D eigenvalue weighted by atomic mass is 35.5. The van der Waals surface area contributed by atoms with Crippen molar-refractivity contribution in [3.63, 3.8) is 0 Å². The molecule has 2 amide bonds. The molecule has 0 saturated carbocycles. The summed E-state index contributed by atoms with van der Waals surface area (Å²) in [6.07, 6.45) is 0. The first-order valence-corrected chi connectivity index (χ1v) is 9.04. The Morgan fingerprint density at radius 3 is 1.75 bits per heavy atom. The zero-order valence-corrected chi connectivity index (χ0v) is 16.3. The fourth-order valence-corrected chi connectivity index (χ4v) is 2.75. The third kappa shape index (κ3) is 4.82. The average molecular weight is 415 g/mol. The summed E-state index contributed by atoms with van der Waals surface area (Å²) in [6, 6.07) is 18.1. The fourth-order valence-electron chi connectivity index (χ4n) is 2.49. The minimum absolute atomic E-state index is 0.237. The Labute approximate surface area is 172 Å². The van der Waals surface area contributed by atoms with Gasteiger partial charge in [-0.2, -0.15) is 0 Å². The van der Waals surface area contributed by atoms with Crippen LogP contribution in [0.25, 0.3) is 0 Å². The van der Waals surface area contributed by atoms with Crippen molar-refractivity contribution < 1.29 is 14.3 Å². The average Bonchev–Trinajstić information content (AvgIpc) is 2.70. The molecule has 28 heavy (non-hydrogen) atoms. The van der Waals surface area contributed by atoms with E-state index < -0.39 is 5.91 Å². The standard InChI is InChI=1S/C21H16Cl2N2O3/c1-28-19-11-2-13(20(26)24-16-7-3-14(22)4-8-16)12-18(19)21(27)25-17-9-5-15(23)6-10-17/h2-12H,1H3,(H,24,26)(H,25,27). The number of benzene rings is 3. The lowest BCUT2D eigenvalue weighted by molar-refractivity contribution is 0.102. The Hall–Kier alpha value is -3.02. The second kappa shape index (κ2) is 8.78. The first-order chi connectivity index (χ1) is 13.5. The molecule has 2 N–H and O–H groups in total. The predicted octanol–water partition coefficient (Wildman–Crippen LogP) is 5.51. The van der Waals surface area contributed by atoms with E-state index in [1.165, 1.54) is 13.2 Å². The summed E-state index contributed by atoms with van der Waals surface area (Å²) < 4.78 is 5.26. The van der Waals surface area contributed by atoms with Gasteiger partial charge in [-0.15, -0.1) is 0 Å². The highest BCUT2D eigenvalue weighted by molar-refractivity contribution is 6.31. The number of amides is 2. The highest BCUT2D eigenvalue weighted by Crippen LogP contribution is 2.23. The number of anilines is 2. The number of nitrogens with one attached hydrogen (secondary N) is 2. The molecule has 7 heteroatoms. The van der Waals surface area contributed by atoms with Gasteiger partial charge in [0.1, 0.15) is 5.75 Å². The first kappa shape index (κ1) is 19.7. The molecule has 3 rings (SSSR count). The van der Waals surface area contributed by atoms with Crippen LogP contribution in [-0.2, 0) is 0 Å². The van der Waals surface area contributed by atoms with Crippen LogP contribution in [0.5, 0.6) is 5.75 Å². The lowest BCUT2D eigenvalue weighted by Crippen LogP contribution is -2.16. The smallest absolute Gasteiger partial charge is 0.259 e. The summed E-state index contributed by atoms with van der Waals surface area (Å²) >= 11 is 11.7. The maximum absolute atomic E-state index is 12.7. The van der Waals surface area contributed by atoms with Crippen LogP contribution in [0.2, 0.25) is 10.0 Å². The fraction of sp³-hybridized carbons (Fsp3) is 0.0476. The van der Waals surface area contributed by atoms with Gasteiger partial charge in [-0.3, -0.25) is 9.59 Å². The molecule has 0 radical (unpaired) electrons. The third-order valence-corrected chi connectivity index (χ3v) is 4.41. The van der Waals surface area contributed by atoms with Gasteiger partial charge in [-0.1, -0.05) is 23.2 Å². The van der Waals surface area contributed by atoms with Gasteiger partial charge in [0.05, 0.1) is 12.7 Å². The topological polar surface area (TPSA) is 67.4 Å². The maximum atomic E-state index is 12.7. The van der Waals surface area contributed by atoms with Crippen molar-refractivity contribution in [1.82, 2.24) is 0 Å². The lowest BCUT2D eigenvalue weighted by atomic mass is 10.1. The van der Waals surface area contributed by atoms with Gasteiger partial charge in [0, 0.05) is 27.0 Å². The van der Waals surface area contributed by atoms with E-state index in [4.69, 9.17) is 27.9 Å². The van der Waals surface area contributed by atoms with Gasteiger partial charge >= 0.3 is 0 Å². The minimum Gasteiger partial charge on any atom is -0.496 e. The molecule has 0 aromatic heterocycles. The summed E-state index contributed by atoms with van der Waals surface area (Å²) in [5.41, 5.74) is 1.73. The molecule has 0 heterocycles. The number of hydrogen-bond donors (Lipinski definition) is 2. The van der Waals surface area contributed by atoms with E-state index in [0.717, 1.165) is 0 Å². The quantitative estimate of drug-likeness (QED) is 0.578. The summed E-state index contributed by atoms with van der Waals surface area (Å²) in [7, 11) is 1.46. The van der Waals surface area contributed by atoms with Crippen LogP contribution in [0, 0.1) is 0 Å². The molecule has 0 aliphatic carbocycles. The Kier molecular flexibility index (Phi) is 6.19. The summed E-state index contributed by atoms with van der Waals surface area (Å²) in [5.74, 6) is -0.402. The van der Waals surface area contributed by atoms with E-state index >= 15 is 0 Å². The van der Waals surface area contributed by atoms with Gasteiger partial charge in [0.2, 0.25) is 0 Å². The molecule has 142 valence electrons. The molecular weight excluding hydrogens is 399 g/mol. The number of hydrogen-bond acceptors (Lipinski definition) is 3. The monoisotopic (exact) mass is 414 g/mol. The molecule has 0 aliphatic rings. The second-order valence-electron chi connectivity index (χ2n) is 5.84. The Morgan fingerprint density at radius 1 is 0.750 bits per heavy atom. The van der Waals surface area contributed by atoms with Crippen molar-refractivity contribution in [2.45, 2.75) is 0 Å². The maximum Gasteiger partial charge on any atom is 0.259 e. The lowest BCUT2D eigenvalue weighted by Gasteiger charge is -2.12. The normalized spacial score (nSPS) is 10.2. The van der Waals surface area contributed by atoms with Crippen molar-refractivity contribution in [1.29, 1.82) is 0 Å². The Balaban J connectivity index is 1.82. The molecule has 0 unspecified atom stereocenters. The molecule has 3 aromatic rings. The SMILES string of the molecule is COc1ccc(C(=O)Nc2ccc(Cl)cc2)cc1C(=O)Nc1ccc(Cl)cc1. The van der Waals surface area contributed by atoms with Gasteiger partial charge in [-0.25, -0.2) is 0 Å². The van der Waals surface area contributed by atoms with Crippen LogP contribution in [-0.4, -0.2) is 18.9 Å². The molecule has 0 atom stereocenters. The van der Waals surface area contributed by atoms with Gasteiger partial charge in [0.15, 0.2) is 0 Å². The first-order valence-electron chi connectivity index (χ1n) is 8.28. The second-order valence-corrected chi connectivity index (χ2v) is 6.71. The minimum atomic E-state index is -0.402. The van der Waals surface area contributed by atoms with Crippen molar-refractivity contribution in [2.24, 2.45) is 0 Å². The van der Waals surface area contributed by atoms with Crippen molar-refractivity contribution in [3.8, 4) is 5.75 Å². The number of carbonyl (C=O) groups excluding carboxylic acids is 2. The molecule has 0 fully saturated rings. The van der Waals surface area contributed by atoms with Crippen molar-refractivity contribution in [3.05, 3.63) is 87.9 Å². The van der Waals surface area contributed by atoms with Gasteiger partial charge in [0.25, 0.3) is 11.8 Å². The zero-order valence-electron chi connectivity index (χ0n) is 14.8. The van der Waals surface area contributed by atoms with Crippen LogP contribution < -0.4 is 15.4 Å². The van der Waals surface area contributed by atoms with E-state index in [9.17, 15) is 9.59 Å². The molecule has 5 nitrogen and oxygen atoms in total. The van der Waals surface area contributed by atoms with Crippen LogP contribution in [0.3, 0.4) is 0 Å². The summed E-state index contributed by atoms with van der Waals surface area (Å²) in [5, 5.41) is 6.66. The van der Waals surface area contributed by atoms with Crippen molar-refractivity contribution in [2.75, 3.05) is 17.7 Å². The van der Waals surface area contributed by atoms with Crippen LogP contribution in [0.1, 0.15) is 20.7 Å². The number of methoxy groups -OCH3 is 1. The highest BCUT2D eigenvalue weighted by Gasteiger charge is 2.16. The van der Waals surface area contributed by atoms with Gasteiger partial charge in [-0.05, 0) is 66.7 Å². The molecule has 0 saturated heterocycles. The van der Waals surface area contributed by atoms with Crippen LogP contribution in [0.4, 0.5) is 11.4 Å². The zero-order chi connectivity index (χ0) is 20.1. The Morgan fingerprint density at radius 2 is 1.25 bits per heavy atom. The molecule has 0 aliphatic heterocycles. The summed E-state index contributed by atoms with van der Waals surface area (Å²) in [6.45, 7) is 0. The largest absolute Gasteiger partial charge is 0.496 e. The number of halogens is 2. The van der Waals surface area contributed by atoms with E-state index in [1.54, 1.807) is 60.7 Å². The molecular formula is C21H16Cl2N2O3. The Bertz CT molecular complexity index is 1000. The van der Waals surface area contributed by atoms with E-state index in [0.29, 0.717) is 32.7 Å². The molecule has 0 spiro atoms. The molecule has 3 aromatic carbocycles. The van der Waals surface area contributed by atoms with E-state index in [2.05, 4.69) is 10.6 Å². The van der Waals surface area contributed by atoms with E-state index in [1.807, 2.05) is 0 Å². The van der Waals surface area contributed by atoms with Crippen LogP contribution in [0.15, 0.2) is 66.7 Å². The van der Waals surface area contributed by atoms with E-state index in [-0.39, 0.29) is 11.5 Å². The molecule has 0 bridgehead atoms. The summed E-state index contributed by atoms with van der Waals surface area (Å²) in [4.78, 5) is 25.2. The number of rotatable bonds is 5. The third-order valence-electron chi connectivity index (χ3n) is 3.91.